The Morgan fingerprint density at radius 3 is 1.97 bits per heavy atom. The molecule has 2 aromatic carbocycles. The van der Waals surface area contributed by atoms with Gasteiger partial charge in [-0.1, -0.05) is 58.9 Å². The van der Waals surface area contributed by atoms with Crippen LogP contribution >= 0.6 is 0 Å². The van der Waals surface area contributed by atoms with Gasteiger partial charge in [0.1, 0.15) is 30.8 Å². The summed E-state index contributed by atoms with van der Waals surface area (Å²) in [4.78, 5) is 0. The zero-order valence-corrected chi connectivity index (χ0v) is 19.0. The fourth-order valence-corrected chi connectivity index (χ4v) is 3.00. The molecule has 0 aliphatic heterocycles. The van der Waals surface area contributed by atoms with Crippen LogP contribution in [0.25, 0.3) is 0 Å². The molecule has 3 N–H and O–H groups in total. The topological polar surface area (TPSA) is 79.2 Å². The number of rotatable bonds is 9. The van der Waals surface area contributed by atoms with Gasteiger partial charge in [0.2, 0.25) is 0 Å². The van der Waals surface area contributed by atoms with Crippen LogP contribution in [0.3, 0.4) is 0 Å². The van der Waals surface area contributed by atoms with Gasteiger partial charge in [-0.05, 0) is 47.2 Å². The molecule has 0 amide bonds. The van der Waals surface area contributed by atoms with Gasteiger partial charge in [-0.25, -0.2) is 0 Å². The fraction of sp³-hybridized carbons (Fsp3) is 0.520. The second-order valence-corrected chi connectivity index (χ2v) is 9.47. The number of aliphatic hydroxyl groups excluding tert-OH is 3. The van der Waals surface area contributed by atoms with Crippen molar-refractivity contribution in [3.05, 3.63) is 59.2 Å². The highest BCUT2D eigenvalue weighted by molar-refractivity contribution is 5.45. The summed E-state index contributed by atoms with van der Waals surface area (Å²) in [5, 5.41) is 28.5. The van der Waals surface area contributed by atoms with Gasteiger partial charge in [-0.2, -0.15) is 0 Å². The molecular formula is C25H36O5. The Kier molecular flexibility index (Phi) is 7.92. The van der Waals surface area contributed by atoms with E-state index in [-0.39, 0.29) is 30.7 Å². The molecule has 5 heteroatoms. The molecule has 2 rings (SSSR count). The van der Waals surface area contributed by atoms with E-state index in [1.807, 2.05) is 58.0 Å². The average Bonchev–Trinajstić information content (AvgIpc) is 2.70. The first-order chi connectivity index (χ1) is 13.9. The molecule has 2 aromatic rings. The zero-order chi connectivity index (χ0) is 22.5. The van der Waals surface area contributed by atoms with E-state index in [1.165, 1.54) is 0 Å². The summed E-state index contributed by atoms with van der Waals surface area (Å²) in [5.41, 5.74) is 2.88. The summed E-state index contributed by atoms with van der Waals surface area (Å²) in [6.07, 6.45) is -1.42. The SMILES string of the molecule is Cc1cc(C(C)(C)c2ccc(OC[C@@H](O)CO)cc2)ccc1OC[C@H](O)C(C)(C)C. The maximum Gasteiger partial charge on any atom is 0.122 e. The Labute approximate surface area is 180 Å². The lowest BCUT2D eigenvalue weighted by Crippen LogP contribution is -2.32. The van der Waals surface area contributed by atoms with Crippen molar-refractivity contribution >= 4 is 0 Å². The third kappa shape index (κ3) is 6.21. The van der Waals surface area contributed by atoms with Crippen molar-refractivity contribution in [2.45, 2.75) is 59.2 Å². The highest BCUT2D eigenvalue weighted by atomic mass is 16.5. The van der Waals surface area contributed by atoms with Crippen molar-refractivity contribution in [3.63, 3.8) is 0 Å². The lowest BCUT2D eigenvalue weighted by Gasteiger charge is -2.28. The van der Waals surface area contributed by atoms with Crippen molar-refractivity contribution in [1.82, 2.24) is 0 Å². The lowest BCUT2D eigenvalue weighted by molar-refractivity contribution is 0.0216. The summed E-state index contributed by atoms with van der Waals surface area (Å²) in [7, 11) is 0. The van der Waals surface area contributed by atoms with Gasteiger partial charge in [0, 0.05) is 5.41 Å². The van der Waals surface area contributed by atoms with Gasteiger partial charge in [-0.15, -0.1) is 0 Å². The van der Waals surface area contributed by atoms with E-state index in [4.69, 9.17) is 14.6 Å². The second-order valence-electron chi connectivity index (χ2n) is 9.47. The number of ether oxygens (including phenoxy) is 2. The second kappa shape index (κ2) is 9.82. The monoisotopic (exact) mass is 416 g/mol. The molecule has 0 unspecified atom stereocenters. The smallest absolute Gasteiger partial charge is 0.122 e. The lowest BCUT2D eigenvalue weighted by atomic mass is 9.77. The minimum absolute atomic E-state index is 0.0593. The first-order valence-corrected chi connectivity index (χ1v) is 10.4. The summed E-state index contributed by atoms with van der Waals surface area (Å²) < 4.78 is 11.4. The molecule has 0 aliphatic carbocycles. The Morgan fingerprint density at radius 2 is 1.43 bits per heavy atom. The largest absolute Gasteiger partial charge is 0.491 e. The van der Waals surface area contributed by atoms with Crippen LogP contribution in [-0.4, -0.2) is 47.3 Å². The maximum atomic E-state index is 10.2. The van der Waals surface area contributed by atoms with E-state index in [1.54, 1.807) is 0 Å². The van der Waals surface area contributed by atoms with Gasteiger partial charge < -0.3 is 24.8 Å². The molecule has 0 saturated carbocycles. The standard InChI is InChI=1S/C25H36O5/c1-17-13-19(9-12-22(17)30-16-23(28)24(2,3)4)25(5,6)18-7-10-21(11-8-18)29-15-20(27)14-26/h7-13,20,23,26-28H,14-16H2,1-6H3/t20-,23-/m0/s1. The zero-order valence-electron chi connectivity index (χ0n) is 19.0. The molecule has 0 spiro atoms. The summed E-state index contributed by atoms with van der Waals surface area (Å²) in [5.74, 6) is 1.43. The summed E-state index contributed by atoms with van der Waals surface area (Å²) in [6, 6.07) is 13.9. The number of hydrogen-bond acceptors (Lipinski definition) is 5. The third-order valence-electron chi connectivity index (χ3n) is 5.52. The molecule has 0 fully saturated rings. The maximum absolute atomic E-state index is 10.2. The van der Waals surface area contributed by atoms with Gasteiger partial charge in [0.05, 0.1) is 12.7 Å². The van der Waals surface area contributed by atoms with Crippen LogP contribution in [0.5, 0.6) is 11.5 Å². The molecule has 0 heterocycles. The minimum atomic E-state index is -0.880. The van der Waals surface area contributed by atoms with Gasteiger partial charge >= 0.3 is 0 Å². The van der Waals surface area contributed by atoms with E-state index >= 15 is 0 Å². The van der Waals surface area contributed by atoms with E-state index < -0.39 is 12.2 Å². The number of aliphatic hydroxyl groups is 3. The molecule has 0 bridgehead atoms. The van der Waals surface area contributed by atoms with E-state index in [9.17, 15) is 10.2 Å². The van der Waals surface area contributed by atoms with Crippen molar-refractivity contribution < 1.29 is 24.8 Å². The Morgan fingerprint density at radius 1 is 0.833 bits per heavy atom. The average molecular weight is 417 g/mol. The van der Waals surface area contributed by atoms with Gasteiger partial charge in [-0.3, -0.25) is 0 Å². The van der Waals surface area contributed by atoms with Gasteiger partial charge in [0.25, 0.3) is 0 Å². The van der Waals surface area contributed by atoms with Crippen molar-refractivity contribution in [2.24, 2.45) is 5.41 Å². The van der Waals surface area contributed by atoms with E-state index in [0.29, 0.717) is 5.75 Å². The summed E-state index contributed by atoms with van der Waals surface area (Å²) in [6.45, 7) is 12.3. The predicted molar refractivity (Wildman–Crippen MR) is 119 cm³/mol. The van der Waals surface area contributed by atoms with Crippen LogP contribution in [0.1, 0.15) is 51.3 Å². The minimum Gasteiger partial charge on any atom is -0.491 e. The molecule has 5 nitrogen and oxygen atoms in total. The van der Waals surface area contributed by atoms with E-state index in [0.717, 1.165) is 22.4 Å². The first-order valence-electron chi connectivity index (χ1n) is 10.4. The molecule has 30 heavy (non-hydrogen) atoms. The van der Waals surface area contributed by atoms with Crippen LogP contribution in [-0.2, 0) is 5.41 Å². The van der Waals surface area contributed by atoms with Gasteiger partial charge in [0.15, 0.2) is 0 Å². The van der Waals surface area contributed by atoms with Crippen molar-refractivity contribution in [1.29, 1.82) is 0 Å². The quantitative estimate of drug-likeness (QED) is 0.579. The number of benzene rings is 2. The Bertz CT molecular complexity index is 805. The molecule has 0 aliphatic rings. The first kappa shape index (κ1) is 24.2. The number of aryl methyl sites for hydroxylation is 1. The highest BCUT2D eigenvalue weighted by Gasteiger charge is 2.25. The highest BCUT2D eigenvalue weighted by Crippen LogP contribution is 2.35. The fourth-order valence-electron chi connectivity index (χ4n) is 3.00. The van der Waals surface area contributed by atoms with Crippen molar-refractivity contribution in [2.75, 3.05) is 19.8 Å². The molecule has 0 radical (unpaired) electrons. The molecule has 0 saturated heterocycles. The molecule has 166 valence electrons. The third-order valence-corrected chi connectivity index (χ3v) is 5.52. The Hall–Kier alpha value is -2.08. The van der Waals surface area contributed by atoms with E-state index in [2.05, 4.69) is 26.0 Å². The van der Waals surface area contributed by atoms with Crippen LogP contribution < -0.4 is 9.47 Å². The van der Waals surface area contributed by atoms with Crippen LogP contribution in [0.15, 0.2) is 42.5 Å². The molecular weight excluding hydrogens is 380 g/mol. The van der Waals surface area contributed by atoms with Crippen LogP contribution in [0.4, 0.5) is 0 Å². The number of hydrogen-bond donors (Lipinski definition) is 3. The molecule has 0 aromatic heterocycles. The normalized spacial score (nSPS) is 14.3. The van der Waals surface area contributed by atoms with Crippen LogP contribution in [0.2, 0.25) is 0 Å². The van der Waals surface area contributed by atoms with Crippen LogP contribution in [0, 0.1) is 12.3 Å². The predicted octanol–water partition coefficient (Wildman–Crippen LogP) is 3.84. The summed E-state index contributed by atoms with van der Waals surface area (Å²) >= 11 is 0. The molecule has 2 atom stereocenters. The van der Waals surface area contributed by atoms with Crippen molar-refractivity contribution in [3.8, 4) is 11.5 Å². The Balaban J connectivity index is 2.11.